The molecule has 2 heterocycles. The maximum Gasteiger partial charge on any atom is 0.407 e. The molecule has 0 aromatic heterocycles. The van der Waals surface area contributed by atoms with E-state index in [-0.39, 0.29) is 30.3 Å². The SMILES string of the molecule is COC(=O)N[C@H](C(=O)N1[C@@H](C)CC[C@H]1C(=O)OCC(=O)c1ccc2c(c1)COc1cc3c(cc1-2)CCCC3O)C(C)C. The van der Waals surface area contributed by atoms with Crippen molar-refractivity contribution in [1.29, 1.82) is 0 Å². The van der Waals surface area contributed by atoms with Crippen LogP contribution in [0.15, 0.2) is 30.3 Å². The van der Waals surface area contributed by atoms with Crippen LogP contribution in [-0.2, 0) is 32.1 Å². The van der Waals surface area contributed by atoms with E-state index in [2.05, 4.69) is 16.1 Å². The molecule has 1 aliphatic carbocycles. The Balaban J connectivity index is 1.26. The Labute approximate surface area is 245 Å². The number of amides is 2. The summed E-state index contributed by atoms with van der Waals surface area (Å²) in [5.74, 6) is -0.911. The van der Waals surface area contributed by atoms with Gasteiger partial charge in [0.05, 0.1) is 13.2 Å². The topological polar surface area (TPSA) is 131 Å². The molecule has 4 atom stereocenters. The van der Waals surface area contributed by atoms with E-state index in [9.17, 15) is 24.3 Å². The monoisotopic (exact) mass is 578 g/mol. The molecule has 0 bridgehead atoms. The Morgan fingerprint density at radius 1 is 1.07 bits per heavy atom. The van der Waals surface area contributed by atoms with Gasteiger partial charge in [-0.25, -0.2) is 9.59 Å². The average molecular weight is 579 g/mol. The highest BCUT2D eigenvalue weighted by Gasteiger charge is 2.43. The molecule has 1 fully saturated rings. The van der Waals surface area contributed by atoms with E-state index in [1.165, 1.54) is 12.0 Å². The van der Waals surface area contributed by atoms with E-state index in [0.717, 1.165) is 52.8 Å². The van der Waals surface area contributed by atoms with Gasteiger partial charge >= 0.3 is 12.1 Å². The van der Waals surface area contributed by atoms with Crippen molar-refractivity contribution in [3.8, 4) is 16.9 Å². The third-order valence-electron chi connectivity index (χ3n) is 8.56. The number of esters is 1. The number of methoxy groups -OCH3 is 1. The second-order valence-electron chi connectivity index (χ2n) is 11.7. The predicted molar refractivity (Wildman–Crippen MR) is 153 cm³/mol. The number of aliphatic hydroxyl groups is 1. The molecular weight excluding hydrogens is 540 g/mol. The molecule has 5 rings (SSSR count). The molecule has 10 nitrogen and oxygen atoms in total. The van der Waals surface area contributed by atoms with Crippen molar-refractivity contribution in [2.24, 2.45) is 5.92 Å². The van der Waals surface area contributed by atoms with E-state index < -0.39 is 36.9 Å². The number of benzene rings is 2. The first-order chi connectivity index (χ1) is 20.1. The van der Waals surface area contributed by atoms with E-state index >= 15 is 0 Å². The number of ketones is 1. The number of hydrogen-bond acceptors (Lipinski definition) is 8. The second kappa shape index (κ2) is 12.1. The Bertz CT molecular complexity index is 1400. The van der Waals surface area contributed by atoms with Crippen LogP contribution in [0.3, 0.4) is 0 Å². The molecule has 0 spiro atoms. The third kappa shape index (κ3) is 5.72. The number of aliphatic hydroxyl groups excluding tert-OH is 1. The summed E-state index contributed by atoms with van der Waals surface area (Å²) in [5, 5.41) is 13.0. The van der Waals surface area contributed by atoms with Gasteiger partial charge in [-0.1, -0.05) is 26.0 Å². The average Bonchev–Trinajstić information content (AvgIpc) is 3.38. The zero-order valence-corrected chi connectivity index (χ0v) is 24.5. The third-order valence-corrected chi connectivity index (χ3v) is 8.56. The Hall–Kier alpha value is -3.92. The van der Waals surface area contributed by atoms with Gasteiger partial charge in [0.15, 0.2) is 12.4 Å². The zero-order valence-electron chi connectivity index (χ0n) is 24.5. The summed E-state index contributed by atoms with van der Waals surface area (Å²) >= 11 is 0. The number of aryl methyl sites for hydroxylation is 1. The van der Waals surface area contributed by atoms with Gasteiger partial charge in [0.1, 0.15) is 24.4 Å². The number of nitrogens with zero attached hydrogens (tertiary/aromatic N) is 1. The summed E-state index contributed by atoms with van der Waals surface area (Å²) in [4.78, 5) is 52.9. The number of ether oxygens (including phenoxy) is 3. The second-order valence-corrected chi connectivity index (χ2v) is 11.7. The number of Topliss-reactive ketones (excluding diaryl/α,β-unsaturated/α-hetero) is 1. The maximum atomic E-state index is 13.4. The van der Waals surface area contributed by atoms with E-state index in [4.69, 9.17) is 9.47 Å². The smallest absolute Gasteiger partial charge is 0.407 e. The molecule has 0 radical (unpaired) electrons. The van der Waals surface area contributed by atoms with Crippen LogP contribution < -0.4 is 10.1 Å². The number of fused-ring (bicyclic) bond motifs is 4. The minimum Gasteiger partial charge on any atom is -0.488 e. The summed E-state index contributed by atoms with van der Waals surface area (Å²) in [6.45, 7) is 5.27. The van der Waals surface area contributed by atoms with Gasteiger partial charge in [0.2, 0.25) is 5.91 Å². The molecule has 2 aliphatic heterocycles. The van der Waals surface area contributed by atoms with Crippen LogP contribution in [0.2, 0.25) is 0 Å². The molecule has 10 heteroatoms. The lowest BCUT2D eigenvalue weighted by Gasteiger charge is -2.32. The number of alkyl carbamates (subject to hydrolysis) is 1. The lowest BCUT2D eigenvalue weighted by atomic mass is 9.85. The fraction of sp³-hybridized carbons (Fsp3) is 0.500. The summed E-state index contributed by atoms with van der Waals surface area (Å²) in [6.07, 6.45) is 2.38. The van der Waals surface area contributed by atoms with Gasteiger partial charge in [0.25, 0.3) is 0 Å². The first kappa shape index (κ1) is 29.6. The summed E-state index contributed by atoms with van der Waals surface area (Å²) in [6, 6.07) is 7.43. The zero-order chi connectivity index (χ0) is 30.1. The molecule has 0 saturated carbocycles. The highest BCUT2D eigenvalue weighted by atomic mass is 16.5. The number of nitrogens with one attached hydrogen (secondary N) is 1. The Morgan fingerprint density at radius 3 is 2.60 bits per heavy atom. The number of likely N-dealkylation sites (tertiary alicyclic amines) is 1. The van der Waals surface area contributed by atoms with Crippen LogP contribution >= 0.6 is 0 Å². The standard InChI is InChI=1S/C32H38N2O8/c1-17(2)29(33-32(39)40-4)30(37)34-18(3)8-11-25(34)31(38)42-16-27(36)20-9-10-22-21(12-20)15-41-28-14-23-19(13-24(22)28)6-5-7-26(23)35/h9-10,12-14,17-18,25-26,29,35H,5-8,11,15-16H2,1-4H3,(H,33,39)/t18-,25-,26?,29-/m0/s1. The number of hydrogen-bond donors (Lipinski definition) is 2. The molecule has 2 aromatic rings. The van der Waals surface area contributed by atoms with E-state index in [0.29, 0.717) is 18.4 Å². The first-order valence-corrected chi connectivity index (χ1v) is 14.6. The predicted octanol–water partition coefficient (Wildman–Crippen LogP) is 4.10. The summed E-state index contributed by atoms with van der Waals surface area (Å²) in [7, 11) is 1.22. The van der Waals surface area contributed by atoms with Crippen LogP contribution in [-0.4, -0.2) is 65.6 Å². The van der Waals surface area contributed by atoms with Crippen molar-refractivity contribution < 1.29 is 38.5 Å². The van der Waals surface area contributed by atoms with Gasteiger partial charge in [-0.05, 0) is 85.4 Å². The van der Waals surface area contributed by atoms with Gasteiger partial charge in [-0.2, -0.15) is 0 Å². The van der Waals surface area contributed by atoms with Gasteiger partial charge in [-0.3, -0.25) is 9.59 Å². The molecule has 3 aliphatic rings. The molecule has 1 saturated heterocycles. The number of carbonyl (C=O) groups is 4. The molecule has 1 unspecified atom stereocenters. The molecule has 42 heavy (non-hydrogen) atoms. The highest BCUT2D eigenvalue weighted by molar-refractivity contribution is 5.99. The summed E-state index contributed by atoms with van der Waals surface area (Å²) in [5.41, 5.74) is 5.21. The number of carbonyl (C=O) groups excluding carboxylic acids is 4. The largest absolute Gasteiger partial charge is 0.488 e. The number of rotatable bonds is 7. The van der Waals surface area contributed by atoms with Gasteiger partial charge < -0.3 is 29.5 Å². The minimum absolute atomic E-state index is 0.233. The molecule has 2 amide bonds. The normalized spacial score (nSPS) is 21.4. The van der Waals surface area contributed by atoms with Crippen LogP contribution in [0.25, 0.3) is 11.1 Å². The quantitative estimate of drug-likeness (QED) is 0.371. The fourth-order valence-corrected chi connectivity index (χ4v) is 6.21. The molecule has 2 N–H and O–H groups in total. The van der Waals surface area contributed by atoms with Crippen molar-refractivity contribution in [2.45, 2.75) is 83.7 Å². The van der Waals surface area contributed by atoms with E-state index in [1.54, 1.807) is 26.0 Å². The lowest BCUT2D eigenvalue weighted by molar-refractivity contribution is -0.154. The van der Waals surface area contributed by atoms with Crippen LogP contribution in [0.4, 0.5) is 4.79 Å². The van der Waals surface area contributed by atoms with E-state index in [1.807, 2.05) is 19.1 Å². The lowest BCUT2D eigenvalue weighted by Crippen LogP contribution is -2.55. The van der Waals surface area contributed by atoms with Crippen molar-refractivity contribution in [2.75, 3.05) is 13.7 Å². The maximum absolute atomic E-state index is 13.4. The fourth-order valence-electron chi connectivity index (χ4n) is 6.21. The van der Waals surface area contributed by atoms with Gasteiger partial charge in [0, 0.05) is 17.2 Å². The van der Waals surface area contributed by atoms with Crippen LogP contribution in [0.1, 0.15) is 79.6 Å². The molecule has 2 aromatic carbocycles. The van der Waals surface area contributed by atoms with Gasteiger partial charge in [-0.15, -0.1) is 0 Å². The highest BCUT2D eigenvalue weighted by Crippen LogP contribution is 2.43. The van der Waals surface area contributed by atoms with Crippen molar-refractivity contribution in [3.05, 3.63) is 52.6 Å². The summed E-state index contributed by atoms with van der Waals surface area (Å²) < 4.78 is 16.1. The van der Waals surface area contributed by atoms with Crippen molar-refractivity contribution in [3.63, 3.8) is 0 Å². The minimum atomic E-state index is -0.867. The van der Waals surface area contributed by atoms with Crippen molar-refractivity contribution >= 4 is 23.8 Å². The molecular formula is C32H38N2O8. The first-order valence-electron chi connectivity index (χ1n) is 14.6. The van der Waals surface area contributed by atoms with Crippen molar-refractivity contribution in [1.82, 2.24) is 10.2 Å². The van der Waals surface area contributed by atoms with Crippen LogP contribution in [0, 0.1) is 5.92 Å². The molecule has 224 valence electrons. The van der Waals surface area contributed by atoms with Crippen LogP contribution in [0.5, 0.6) is 5.75 Å². The Kier molecular flexibility index (Phi) is 8.54. The Morgan fingerprint density at radius 2 is 1.86 bits per heavy atom.